The Hall–Kier alpha value is -0.610. The molecule has 2 aliphatic carbocycles. The van der Waals surface area contributed by atoms with Gasteiger partial charge in [0.15, 0.2) is 6.54 Å². The number of esters is 1. The predicted molar refractivity (Wildman–Crippen MR) is 86.5 cm³/mol. The molecule has 4 atom stereocenters. The molecule has 4 heteroatoms. The largest absolute Gasteiger partial charge is 0.459 e. The molecule has 2 fully saturated rings. The van der Waals surface area contributed by atoms with E-state index in [1.807, 2.05) is 19.2 Å². The summed E-state index contributed by atoms with van der Waals surface area (Å²) < 4.78 is 11.4. The van der Waals surface area contributed by atoms with E-state index < -0.39 is 0 Å². The van der Waals surface area contributed by atoms with E-state index in [0.29, 0.717) is 23.5 Å². The zero-order valence-electron chi connectivity index (χ0n) is 15.0. The maximum atomic E-state index is 11.6. The lowest BCUT2D eigenvalue weighted by molar-refractivity contribution is -0.647. The molecule has 0 aromatic heterocycles. The van der Waals surface area contributed by atoms with Crippen molar-refractivity contribution in [3.8, 4) is 0 Å². The summed E-state index contributed by atoms with van der Waals surface area (Å²) in [5, 5.41) is 1.99. The van der Waals surface area contributed by atoms with E-state index in [4.69, 9.17) is 9.47 Å². The van der Waals surface area contributed by atoms with E-state index in [-0.39, 0.29) is 12.1 Å². The molecule has 0 aromatic rings. The van der Waals surface area contributed by atoms with E-state index in [1.165, 1.54) is 19.3 Å². The number of ether oxygens (including phenoxy) is 2. The lowest BCUT2D eigenvalue weighted by atomic mass is 9.70. The van der Waals surface area contributed by atoms with Gasteiger partial charge in [-0.15, -0.1) is 0 Å². The van der Waals surface area contributed by atoms with Crippen LogP contribution in [0.4, 0.5) is 0 Å². The monoisotopic (exact) mass is 312 g/mol. The number of hydrogen-bond acceptors (Lipinski definition) is 3. The summed E-state index contributed by atoms with van der Waals surface area (Å²) in [4.78, 5) is 11.6. The molecule has 4 nitrogen and oxygen atoms in total. The molecule has 0 spiro atoms. The molecule has 2 aliphatic rings. The highest BCUT2D eigenvalue weighted by atomic mass is 16.5. The van der Waals surface area contributed by atoms with Crippen molar-refractivity contribution in [1.82, 2.24) is 0 Å². The molecule has 0 amide bonds. The van der Waals surface area contributed by atoms with Crippen molar-refractivity contribution in [2.24, 2.45) is 16.7 Å². The first-order valence-corrected chi connectivity index (χ1v) is 8.94. The minimum Gasteiger partial charge on any atom is -0.459 e. The van der Waals surface area contributed by atoms with Gasteiger partial charge in [0.05, 0.1) is 25.4 Å². The molecule has 2 rings (SSSR count). The topological polar surface area (TPSA) is 52.1 Å². The van der Waals surface area contributed by atoms with Crippen LogP contribution in [-0.4, -0.2) is 37.9 Å². The Labute approximate surface area is 135 Å². The van der Waals surface area contributed by atoms with Crippen LogP contribution in [0.2, 0.25) is 0 Å². The average Bonchev–Trinajstić information content (AvgIpc) is 2.79. The van der Waals surface area contributed by atoms with Gasteiger partial charge in [0, 0.05) is 0 Å². The number of carbonyl (C=O) groups excluding carboxylic acids is 1. The van der Waals surface area contributed by atoms with Gasteiger partial charge in [-0.2, -0.15) is 0 Å². The van der Waals surface area contributed by atoms with Crippen molar-refractivity contribution in [3.05, 3.63) is 0 Å². The fourth-order valence-electron chi connectivity index (χ4n) is 4.25. The minimum absolute atomic E-state index is 0.0216. The Morgan fingerprint density at radius 3 is 2.64 bits per heavy atom. The first-order chi connectivity index (χ1) is 10.3. The van der Waals surface area contributed by atoms with Gasteiger partial charge >= 0.3 is 5.97 Å². The smallest absolute Gasteiger partial charge is 0.361 e. The molecule has 2 N–H and O–H groups in total. The molecule has 0 unspecified atom stereocenters. The Kier molecular flexibility index (Phi) is 5.54. The Morgan fingerprint density at radius 1 is 1.36 bits per heavy atom. The van der Waals surface area contributed by atoms with E-state index in [0.717, 1.165) is 25.5 Å². The number of fused-ring (bicyclic) bond motifs is 2. The molecular weight excluding hydrogens is 278 g/mol. The first-order valence-electron chi connectivity index (χ1n) is 8.94. The van der Waals surface area contributed by atoms with Crippen LogP contribution in [-0.2, 0) is 14.3 Å². The second-order valence-corrected chi connectivity index (χ2v) is 7.96. The molecule has 128 valence electrons. The van der Waals surface area contributed by atoms with Crippen molar-refractivity contribution in [2.75, 3.05) is 19.7 Å². The molecule has 22 heavy (non-hydrogen) atoms. The summed E-state index contributed by atoms with van der Waals surface area (Å²) in [6.45, 7) is 13.1. The SMILES string of the molecule is CC[C@H](C)OC(=O)C[NH2+]CCO[C@@H]1C[C@@H]2CC[C@@]1(C)C2(C)C. The van der Waals surface area contributed by atoms with Gasteiger partial charge in [0.2, 0.25) is 0 Å². The summed E-state index contributed by atoms with van der Waals surface area (Å²) in [5.41, 5.74) is 0.731. The summed E-state index contributed by atoms with van der Waals surface area (Å²) >= 11 is 0. The van der Waals surface area contributed by atoms with Crippen molar-refractivity contribution in [3.63, 3.8) is 0 Å². The van der Waals surface area contributed by atoms with E-state index in [1.54, 1.807) is 0 Å². The minimum atomic E-state index is -0.123. The van der Waals surface area contributed by atoms with E-state index in [2.05, 4.69) is 20.8 Å². The predicted octanol–water partition coefficient (Wildman–Crippen LogP) is 2.12. The van der Waals surface area contributed by atoms with Crippen LogP contribution in [0.3, 0.4) is 0 Å². The maximum Gasteiger partial charge on any atom is 0.361 e. The molecule has 0 aromatic carbocycles. The van der Waals surface area contributed by atoms with Gasteiger partial charge in [0.1, 0.15) is 0 Å². The van der Waals surface area contributed by atoms with Gasteiger partial charge in [-0.3, -0.25) is 0 Å². The second kappa shape index (κ2) is 6.88. The Balaban J connectivity index is 1.63. The van der Waals surface area contributed by atoms with E-state index >= 15 is 0 Å². The van der Waals surface area contributed by atoms with Gasteiger partial charge in [0.25, 0.3) is 0 Å². The number of rotatable bonds is 8. The van der Waals surface area contributed by atoms with Gasteiger partial charge in [-0.1, -0.05) is 27.7 Å². The lowest BCUT2D eigenvalue weighted by Crippen LogP contribution is -2.87. The van der Waals surface area contributed by atoms with E-state index in [9.17, 15) is 4.79 Å². The Morgan fingerprint density at radius 2 is 2.09 bits per heavy atom. The lowest BCUT2D eigenvalue weighted by Gasteiger charge is -2.38. The highest BCUT2D eigenvalue weighted by molar-refractivity contribution is 5.70. The zero-order valence-corrected chi connectivity index (χ0v) is 15.0. The van der Waals surface area contributed by atoms with Gasteiger partial charge in [-0.25, -0.2) is 4.79 Å². The third-order valence-electron chi connectivity index (χ3n) is 6.57. The molecule has 0 aliphatic heterocycles. The highest BCUT2D eigenvalue weighted by Gasteiger charge is 2.61. The fourth-order valence-corrected chi connectivity index (χ4v) is 4.25. The normalized spacial score (nSPS) is 33.9. The van der Waals surface area contributed by atoms with Crippen LogP contribution in [0.15, 0.2) is 0 Å². The fraction of sp³-hybridized carbons (Fsp3) is 0.944. The van der Waals surface area contributed by atoms with Crippen LogP contribution < -0.4 is 5.32 Å². The summed E-state index contributed by atoms with van der Waals surface area (Å²) in [6, 6.07) is 0. The zero-order chi connectivity index (χ0) is 16.4. The van der Waals surface area contributed by atoms with Gasteiger partial charge in [-0.05, 0) is 49.4 Å². The first kappa shape index (κ1) is 17.7. The number of quaternary nitrogens is 1. The van der Waals surface area contributed by atoms with Crippen molar-refractivity contribution < 1.29 is 19.6 Å². The van der Waals surface area contributed by atoms with Gasteiger partial charge < -0.3 is 14.8 Å². The van der Waals surface area contributed by atoms with Crippen molar-refractivity contribution in [2.45, 2.75) is 72.5 Å². The Bertz CT molecular complexity index is 396. The van der Waals surface area contributed by atoms with Crippen LogP contribution in [0, 0.1) is 16.7 Å². The summed E-state index contributed by atoms with van der Waals surface area (Å²) in [6.07, 6.45) is 5.14. The highest BCUT2D eigenvalue weighted by Crippen LogP contribution is 2.66. The number of nitrogens with two attached hydrogens (primary N) is 1. The van der Waals surface area contributed by atoms with Crippen LogP contribution in [0.1, 0.15) is 60.3 Å². The number of hydrogen-bond donors (Lipinski definition) is 1. The quantitative estimate of drug-likeness (QED) is 0.552. The third kappa shape index (κ3) is 3.33. The van der Waals surface area contributed by atoms with Crippen LogP contribution in [0.25, 0.3) is 0 Å². The average molecular weight is 312 g/mol. The molecule has 0 heterocycles. The molecule has 0 radical (unpaired) electrons. The van der Waals surface area contributed by atoms with Crippen molar-refractivity contribution >= 4 is 5.97 Å². The molecule has 0 saturated heterocycles. The standard InChI is InChI=1S/C18H33NO3/c1-6-13(2)22-16(20)12-19-9-10-21-15-11-14-7-8-18(15,5)17(14,3)4/h13-15,19H,6-12H2,1-5H3/p+1/t13-,14-,15+,18+/m0/s1. The third-order valence-corrected chi connectivity index (χ3v) is 6.57. The maximum absolute atomic E-state index is 11.6. The summed E-state index contributed by atoms with van der Waals surface area (Å²) in [5.74, 6) is 0.694. The summed E-state index contributed by atoms with van der Waals surface area (Å²) in [7, 11) is 0. The molecule has 2 saturated carbocycles. The molecular formula is C18H34NO3+. The number of carbonyl (C=O) groups is 1. The molecule has 2 bridgehead atoms. The van der Waals surface area contributed by atoms with Crippen molar-refractivity contribution in [1.29, 1.82) is 0 Å². The van der Waals surface area contributed by atoms with Crippen LogP contribution >= 0.6 is 0 Å². The van der Waals surface area contributed by atoms with Crippen LogP contribution in [0.5, 0.6) is 0 Å². The second-order valence-electron chi connectivity index (χ2n) is 7.96.